The van der Waals surface area contributed by atoms with Gasteiger partial charge in [-0.2, -0.15) is 0 Å². The molecule has 0 spiro atoms. The first-order chi connectivity index (χ1) is 7.63. The Hall–Kier alpha value is -1.36. The third-order valence-electron chi connectivity index (χ3n) is 2.38. The highest BCUT2D eigenvalue weighted by Gasteiger charge is 2.20. The summed E-state index contributed by atoms with van der Waals surface area (Å²) in [6.07, 6.45) is 1.43. The van der Waals surface area contributed by atoms with Gasteiger partial charge in [0.05, 0.1) is 6.61 Å². The van der Waals surface area contributed by atoms with Crippen LogP contribution in [0.3, 0.4) is 0 Å². The van der Waals surface area contributed by atoms with E-state index in [9.17, 15) is 9.59 Å². The zero-order valence-corrected chi connectivity index (χ0v) is 9.54. The molecule has 0 saturated carbocycles. The normalized spacial score (nSPS) is 19.3. The van der Waals surface area contributed by atoms with Crippen LogP contribution in [0.1, 0.15) is 19.8 Å². The Kier molecular flexibility index (Phi) is 4.98. The van der Waals surface area contributed by atoms with Crippen molar-refractivity contribution >= 4 is 11.9 Å². The van der Waals surface area contributed by atoms with Crippen LogP contribution >= 0.6 is 0 Å². The number of hydrogen-bond acceptors (Lipinski definition) is 4. The van der Waals surface area contributed by atoms with E-state index in [0.29, 0.717) is 31.7 Å². The minimum atomic E-state index is -0.370. The Labute approximate surface area is 95.2 Å². The van der Waals surface area contributed by atoms with Gasteiger partial charge >= 0.3 is 5.97 Å². The summed E-state index contributed by atoms with van der Waals surface area (Å²) in [7, 11) is 0. The van der Waals surface area contributed by atoms with Gasteiger partial charge in [0.15, 0.2) is 0 Å². The number of amides is 1. The van der Waals surface area contributed by atoms with Crippen molar-refractivity contribution in [2.24, 2.45) is 0 Å². The lowest BCUT2D eigenvalue weighted by atomic mass is 10.2. The molecule has 90 valence electrons. The minimum Gasteiger partial charge on any atom is -0.463 e. The van der Waals surface area contributed by atoms with Crippen molar-refractivity contribution in [2.75, 3.05) is 19.7 Å². The number of carbonyl (C=O) groups is 2. The van der Waals surface area contributed by atoms with E-state index >= 15 is 0 Å². The van der Waals surface area contributed by atoms with Gasteiger partial charge in [-0.05, 0) is 13.3 Å². The first-order valence-electron chi connectivity index (χ1n) is 5.48. The van der Waals surface area contributed by atoms with E-state index in [2.05, 4.69) is 17.2 Å². The number of rotatable bonds is 6. The van der Waals surface area contributed by atoms with Crippen molar-refractivity contribution < 1.29 is 14.3 Å². The lowest BCUT2D eigenvalue weighted by molar-refractivity contribution is -0.138. The molecule has 1 aliphatic heterocycles. The van der Waals surface area contributed by atoms with Crippen LogP contribution in [0.25, 0.3) is 0 Å². The van der Waals surface area contributed by atoms with Gasteiger partial charge in [-0.25, -0.2) is 4.79 Å². The van der Waals surface area contributed by atoms with Crippen LogP contribution < -0.4 is 10.6 Å². The van der Waals surface area contributed by atoms with Gasteiger partial charge < -0.3 is 15.4 Å². The molecule has 0 aromatic carbocycles. The smallest absolute Gasteiger partial charge is 0.334 e. The monoisotopic (exact) mass is 226 g/mol. The molecule has 5 nitrogen and oxygen atoms in total. The molecule has 1 atom stereocenters. The molecule has 0 bridgehead atoms. The molecule has 2 N–H and O–H groups in total. The molecule has 0 aromatic rings. The molecule has 1 unspecified atom stereocenters. The van der Waals surface area contributed by atoms with Crippen molar-refractivity contribution in [3.05, 3.63) is 12.2 Å². The summed E-state index contributed by atoms with van der Waals surface area (Å²) >= 11 is 0. The zero-order chi connectivity index (χ0) is 12.0. The maximum Gasteiger partial charge on any atom is 0.334 e. The van der Waals surface area contributed by atoms with Gasteiger partial charge in [0.25, 0.3) is 0 Å². The lowest BCUT2D eigenvalue weighted by Gasteiger charge is -2.11. The third kappa shape index (κ3) is 4.02. The molecule has 1 fully saturated rings. The maximum atomic E-state index is 11.2. The Morgan fingerprint density at radius 1 is 1.69 bits per heavy atom. The minimum absolute atomic E-state index is 0.0935. The van der Waals surface area contributed by atoms with Crippen molar-refractivity contribution in [1.82, 2.24) is 10.6 Å². The molecular formula is C11H18N2O3. The molecule has 1 aliphatic rings. The van der Waals surface area contributed by atoms with Gasteiger partial charge in [0.2, 0.25) is 5.91 Å². The number of esters is 1. The van der Waals surface area contributed by atoms with Crippen LogP contribution in [0.5, 0.6) is 0 Å². The maximum absolute atomic E-state index is 11.2. The van der Waals surface area contributed by atoms with Crippen LogP contribution in [-0.2, 0) is 14.3 Å². The van der Waals surface area contributed by atoms with Crippen molar-refractivity contribution in [3.63, 3.8) is 0 Å². The van der Waals surface area contributed by atoms with E-state index in [-0.39, 0.29) is 17.9 Å². The summed E-state index contributed by atoms with van der Waals surface area (Å²) in [6.45, 7) is 6.79. The van der Waals surface area contributed by atoms with Gasteiger partial charge in [0.1, 0.15) is 0 Å². The molecule has 0 aromatic heterocycles. The van der Waals surface area contributed by atoms with Gasteiger partial charge in [-0.15, -0.1) is 0 Å². The summed E-state index contributed by atoms with van der Waals surface area (Å²) in [5, 5.41) is 5.91. The predicted octanol–water partition coefficient (Wildman–Crippen LogP) is -0.0261. The van der Waals surface area contributed by atoms with Crippen LogP contribution in [0.15, 0.2) is 12.2 Å². The number of hydrogen-bond donors (Lipinski definition) is 2. The summed E-state index contributed by atoms with van der Waals surface area (Å²) in [5.41, 5.74) is 0.408. The fourth-order valence-corrected chi connectivity index (χ4v) is 1.53. The first-order valence-corrected chi connectivity index (χ1v) is 5.48. The number of ether oxygens (including phenoxy) is 1. The largest absolute Gasteiger partial charge is 0.463 e. The van der Waals surface area contributed by atoms with Crippen LogP contribution in [0.4, 0.5) is 0 Å². The second-order valence-corrected chi connectivity index (χ2v) is 3.76. The van der Waals surface area contributed by atoms with E-state index in [0.717, 1.165) is 6.42 Å². The van der Waals surface area contributed by atoms with E-state index in [1.807, 2.05) is 0 Å². The van der Waals surface area contributed by atoms with E-state index in [4.69, 9.17) is 4.74 Å². The Bertz CT molecular complexity index is 289. The average Bonchev–Trinajstić information content (AvgIpc) is 2.64. The molecule has 1 saturated heterocycles. The highest BCUT2D eigenvalue weighted by Crippen LogP contribution is 2.05. The molecule has 1 rings (SSSR count). The fraction of sp³-hybridized carbons (Fsp3) is 0.636. The Morgan fingerprint density at radius 3 is 3.00 bits per heavy atom. The van der Waals surface area contributed by atoms with Crippen LogP contribution in [0, 0.1) is 0 Å². The molecule has 5 heteroatoms. The van der Waals surface area contributed by atoms with Gasteiger partial charge in [-0.1, -0.05) is 6.58 Å². The third-order valence-corrected chi connectivity index (χ3v) is 2.38. The Morgan fingerprint density at radius 2 is 2.44 bits per heavy atom. The van der Waals surface area contributed by atoms with Crippen LogP contribution in [-0.4, -0.2) is 37.6 Å². The number of carbonyl (C=O) groups excluding carboxylic acids is 2. The van der Waals surface area contributed by atoms with E-state index in [1.54, 1.807) is 6.92 Å². The van der Waals surface area contributed by atoms with Crippen molar-refractivity contribution in [1.29, 1.82) is 0 Å². The molecule has 1 heterocycles. The molecule has 1 amide bonds. The second-order valence-electron chi connectivity index (χ2n) is 3.76. The highest BCUT2D eigenvalue weighted by atomic mass is 16.5. The first kappa shape index (κ1) is 12.7. The molecule has 0 aliphatic carbocycles. The Balaban J connectivity index is 2.13. The standard InChI is InChI=1S/C11H18N2O3/c1-3-16-11(15)8(2)6-12-7-9-4-5-10(14)13-9/h9,12H,2-7H2,1H3,(H,13,14). The highest BCUT2D eigenvalue weighted by molar-refractivity contribution is 5.88. The number of nitrogens with one attached hydrogen (secondary N) is 2. The van der Waals surface area contributed by atoms with Crippen molar-refractivity contribution in [3.8, 4) is 0 Å². The average molecular weight is 226 g/mol. The van der Waals surface area contributed by atoms with Gasteiger partial charge in [-0.3, -0.25) is 4.79 Å². The molecule has 16 heavy (non-hydrogen) atoms. The zero-order valence-electron chi connectivity index (χ0n) is 9.54. The quantitative estimate of drug-likeness (QED) is 0.493. The van der Waals surface area contributed by atoms with Crippen molar-refractivity contribution in [2.45, 2.75) is 25.8 Å². The van der Waals surface area contributed by atoms with Gasteiger partial charge in [0, 0.05) is 31.1 Å². The van der Waals surface area contributed by atoms with Crippen LogP contribution in [0.2, 0.25) is 0 Å². The van der Waals surface area contributed by atoms with E-state index < -0.39 is 0 Å². The van der Waals surface area contributed by atoms with E-state index in [1.165, 1.54) is 0 Å². The SMILES string of the molecule is C=C(CNCC1CCC(=O)N1)C(=O)OCC. The topological polar surface area (TPSA) is 67.4 Å². The fourth-order valence-electron chi connectivity index (χ4n) is 1.53. The second kappa shape index (κ2) is 6.27. The molecular weight excluding hydrogens is 208 g/mol. The summed E-state index contributed by atoms with van der Waals surface area (Å²) in [6, 6.07) is 0.169. The summed E-state index contributed by atoms with van der Waals surface area (Å²) < 4.78 is 4.80. The molecule has 0 radical (unpaired) electrons. The predicted molar refractivity (Wildman–Crippen MR) is 59.8 cm³/mol. The summed E-state index contributed by atoms with van der Waals surface area (Å²) in [5.74, 6) is -0.276. The lowest BCUT2D eigenvalue weighted by Crippen LogP contribution is -2.36. The summed E-state index contributed by atoms with van der Waals surface area (Å²) in [4.78, 5) is 22.1.